The minimum Gasteiger partial charge on any atom is -0.338 e. The van der Waals surface area contributed by atoms with E-state index < -0.39 is 0 Å². The van der Waals surface area contributed by atoms with E-state index in [1.165, 1.54) is 12.8 Å². The summed E-state index contributed by atoms with van der Waals surface area (Å²) in [5, 5.41) is 4.09. The molecule has 118 valence electrons. The molecule has 0 radical (unpaired) electrons. The van der Waals surface area contributed by atoms with Crippen LogP contribution in [0.3, 0.4) is 0 Å². The lowest BCUT2D eigenvalue weighted by Crippen LogP contribution is -2.35. The van der Waals surface area contributed by atoms with Crippen LogP contribution in [0.1, 0.15) is 25.2 Å². The van der Waals surface area contributed by atoms with Crippen LogP contribution in [0.2, 0.25) is 0 Å². The number of hydrogen-bond acceptors (Lipinski definition) is 5. The summed E-state index contributed by atoms with van der Waals surface area (Å²) in [5.41, 5.74) is 6.64. The fraction of sp³-hybridized carbons (Fsp3) is 0.500. The van der Waals surface area contributed by atoms with E-state index in [1.54, 1.807) is 0 Å². The zero-order chi connectivity index (χ0) is 15.4. The molecule has 1 saturated heterocycles. The highest BCUT2D eigenvalue weighted by Gasteiger charge is 2.21. The highest BCUT2D eigenvalue weighted by atomic mass is 79.9. The first-order chi connectivity index (χ1) is 10.7. The van der Waals surface area contributed by atoms with Crippen molar-refractivity contribution in [2.75, 3.05) is 19.6 Å². The van der Waals surface area contributed by atoms with Gasteiger partial charge in [-0.25, -0.2) is 0 Å². The number of rotatable bonds is 5. The molecule has 6 heteroatoms. The number of piperidine rings is 1. The highest BCUT2D eigenvalue weighted by Crippen LogP contribution is 2.23. The van der Waals surface area contributed by atoms with Crippen LogP contribution in [0, 0.1) is 5.92 Å². The molecule has 1 aliphatic heterocycles. The fourth-order valence-corrected chi connectivity index (χ4v) is 3.42. The molecule has 0 spiro atoms. The van der Waals surface area contributed by atoms with Gasteiger partial charge in [0.25, 0.3) is 0 Å². The zero-order valence-corrected chi connectivity index (χ0v) is 14.1. The predicted octanol–water partition coefficient (Wildman–Crippen LogP) is 3.06. The zero-order valence-electron chi connectivity index (χ0n) is 12.5. The smallest absolute Gasteiger partial charge is 0.241 e. The lowest BCUT2D eigenvalue weighted by atomic mass is 9.95. The van der Waals surface area contributed by atoms with Crippen LogP contribution in [0.4, 0.5) is 0 Å². The Morgan fingerprint density at radius 1 is 1.41 bits per heavy atom. The Morgan fingerprint density at radius 2 is 2.32 bits per heavy atom. The molecule has 1 aromatic carbocycles. The van der Waals surface area contributed by atoms with Gasteiger partial charge in [-0.1, -0.05) is 33.2 Å². The lowest BCUT2D eigenvalue weighted by molar-refractivity contribution is 0.146. The molecule has 0 aliphatic carbocycles. The quantitative estimate of drug-likeness (QED) is 0.882. The number of nitrogens with zero attached hydrogens (tertiary/aromatic N) is 3. The molecular formula is C16H21BrN4O. The number of nitrogens with two attached hydrogens (primary N) is 1. The van der Waals surface area contributed by atoms with Gasteiger partial charge in [-0.3, -0.25) is 4.90 Å². The predicted molar refractivity (Wildman–Crippen MR) is 89.1 cm³/mol. The summed E-state index contributed by atoms with van der Waals surface area (Å²) >= 11 is 3.46. The van der Waals surface area contributed by atoms with Gasteiger partial charge >= 0.3 is 0 Å². The molecule has 0 amide bonds. The number of halogens is 1. The van der Waals surface area contributed by atoms with Crippen LogP contribution < -0.4 is 5.73 Å². The van der Waals surface area contributed by atoms with Crippen molar-refractivity contribution in [2.45, 2.75) is 25.8 Å². The van der Waals surface area contributed by atoms with E-state index in [2.05, 4.69) is 31.0 Å². The molecule has 1 atom stereocenters. The van der Waals surface area contributed by atoms with E-state index >= 15 is 0 Å². The van der Waals surface area contributed by atoms with E-state index in [4.69, 9.17) is 10.3 Å². The molecule has 2 N–H and O–H groups in total. The Hall–Kier alpha value is -1.24. The van der Waals surface area contributed by atoms with Gasteiger partial charge in [-0.2, -0.15) is 4.98 Å². The van der Waals surface area contributed by atoms with Crippen molar-refractivity contribution < 1.29 is 4.52 Å². The standard InChI is InChI=1S/C16H21BrN4O/c17-14-5-1-4-13(9-14)16-19-15(22-20-16)11-21-8-2-3-12(10-21)6-7-18/h1,4-5,9,12H,2-3,6-8,10-11,18H2. The van der Waals surface area contributed by atoms with Crippen molar-refractivity contribution in [1.29, 1.82) is 0 Å². The maximum Gasteiger partial charge on any atom is 0.241 e. The van der Waals surface area contributed by atoms with Crippen LogP contribution >= 0.6 is 15.9 Å². The summed E-state index contributed by atoms with van der Waals surface area (Å²) < 4.78 is 6.43. The lowest BCUT2D eigenvalue weighted by Gasteiger charge is -2.31. The first-order valence-corrected chi connectivity index (χ1v) is 8.55. The Morgan fingerprint density at radius 3 is 3.14 bits per heavy atom. The van der Waals surface area contributed by atoms with Crippen molar-refractivity contribution in [2.24, 2.45) is 11.7 Å². The van der Waals surface area contributed by atoms with Gasteiger partial charge in [-0.05, 0) is 50.4 Å². The van der Waals surface area contributed by atoms with Crippen molar-refractivity contribution >= 4 is 15.9 Å². The molecule has 3 rings (SSSR count). The van der Waals surface area contributed by atoms with E-state index in [1.807, 2.05) is 24.3 Å². The SMILES string of the molecule is NCCC1CCCN(Cc2nc(-c3cccc(Br)c3)no2)C1. The molecule has 1 fully saturated rings. The van der Waals surface area contributed by atoms with Gasteiger partial charge < -0.3 is 10.3 Å². The molecule has 2 aromatic rings. The molecule has 1 aliphatic rings. The molecule has 2 heterocycles. The second-order valence-electron chi connectivity index (χ2n) is 5.84. The van der Waals surface area contributed by atoms with Gasteiger partial charge in [0.2, 0.25) is 11.7 Å². The molecular weight excluding hydrogens is 344 g/mol. The summed E-state index contributed by atoms with van der Waals surface area (Å²) in [5.74, 6) is 2.03. The van der Waals surface area contributed by atoms with Gasteiger partial charge in [0, 0.05) is 16.6 Å². The van der Waals surface area contributed by atoms with E-state index in [9.17, 15) is 0 Å². The van der Waals surface area contributed by atoms with Crippen molar-refractivity contribution in [3.63, 3.8) is 0 Å². The highest BCUT2D eigenvalue weighted by molar-refractivity contribution is 9.10. The van der Waals surface area contributed by atoms with Crippen LogP contribution in [0.25, 0.3) is 11.4 Å². The third-order valence-corrected chi connectivity index (χ3v) is 4.58. The monoisotopic (exact) mass is 364 g/mol. The minimum absolute atomic E-state index is 0.645. The number of likely N-dealkylation sites (tertiary alicyclic amines) is 1. The third kappa shape index (κ3) is 3.94. The third-order valence-electron chi connectivity index (χ3n) is 4.09. The summed E-state index contributed by atoms with van der Waals surface area (Å²) in [6, 6.07) is 7.93. The first kappa shape index (κ1) is 15.6. The van der Waals surface area contributed by atoms with E-state index in [-0.39, 0.29) is 0 Å². The van der Waals surface area contributed by atoms with Gasteiger partial charge in [0.05, 0.1) is 6.54 Å². The molecule has 1 aromatic heterocycles. The largest absolute Gasteiger partial charge is 0.338 e. The topological polar surface area (TPSA) is 68.2 Å². The van der Waals surface area contributed by atoms with Gasteiger partial charge in [0.1, 0.15) is 0 Å². The number of benzene rings is 1. The van der Waals surface area contributed by atoms with E-state index in [0.717, 1.165) is 42.6 Å². The van der Waals surface area contributed by atoms with Crippen LogP contribution in [-0.4, -0.2) is 34.7 Å². The molecule has 22 heavy (non-hydrogen) atoms. The van der Waals surface area contributed by atoms with Gasteiger partial charge in [0.15, 0.2) is 0 Å². The molecule has 5 nitrogen and oxygen atoms in total. The van der Waals surface area contributed by atoms with Crippen LogP contribution in [0.15, 0.2) is 33.3 Å². The average molecular weight is 365 g/mol. The maximum absolute atomic E-state index is 5.67. The number of hydrogen-bond donors (Lipinski definition) is 1. The average Bonchev–Trinajstić information content (AvgIpc) is 2.96. The van der Waals surface area contributed by atoms with Gasteiger partial charge in [-0.15, -0.1) is 0 Å². The van der Waals surface area contributed by atoms with Crippen LogP contribution in [0.5, 0.6) is 0 Å². The van der Waals surface area contributed by atoms with Crippen molar-refractivity contribution in [3.05, 3.63) is 34.6 Å². The molecule has 0 saturated carbocycles. The molecule has 0 bridgehead atoms. The fourth-order valence-electron chi connectivity index (χ4n) is 3.02. The minimum atomic E-state index is 0.645. The Bertz CT molecular complexity index is 614. The summed E-state index contributed by atoms with van der Waals surface area (Å²) in [6.45, 7) is 3.66. The Kier molecular flexibility index (Phi) is 5.23. The molecule has 1 unspecified atom stereocenters. The van der Waals surface area contributed by atoms with Crippen LogP contribution in [-0.2, 0) is 6.54 Å². The Balaban J connectivity index is 1.64. The van der Waals surface area contributed by atoms with Crippen molar-refractivity contribution in [3.8, 4) is 11.4 Å². The maximum atomic E-state index is 5.67. The summed E-state index contributed by atoms with van der Waals surface area (Å²) in [6.07, 6.45) is 3.60. The summed E-state index contributed by atoms with van der Waals surface area (Å²) in [7, 11) is 0. The van der Waals surface area contributed by atoms with E-state index in [0.29, 0.717) is 17.6 Å². The van der Waals surface area contributed by atoms with Crippen molar-refractivity contribution in [1.82, 2.24) is 15.0 Å². The first-order valence-electron chi connectivity index (χ1n) is 7.75. The second kappa shape index (κ2) is 7.35. The Labute approximate surface area is 139 Å². The number of aromatic nitrogens is 2. The summed E-state index contributed by atoms with van der Waals surface area (Å²) in [4.78, 5) is 6.91. The normalized spacial score (nSPS) is 19.5. The second-order valence-corrected chi connectivity index (χ2v) is 6.76.